The van der Waals surface area contributed by atoms with E-state index in [4.69, 9.17) is 5.73 Å². The highest BCUT2D eigenvalue weighted by atomic mass is 79.9. The number of carbonyl (C=O) groups excluding carboxylic acids is 2. The molecule has 0 radical (unpaired) electrons. The van der Waals surface area contributed by atoms with Crippen molar-refractivity contribution >= 4 is 52.0 Å². The van der Waals surface area contributed by atoms with Crippen molar-refractivity contribution in [3.05, 3.63) is 344 Å². The van der Waals surface area contributed by atoms with E-state index in [0.717, 1.165) is 84.9 Å². The summed E-state index contributed by atoms with van der Waals surface area (Å²) in [5.74, 6) is 0. The molecule has 4 atom stereocenters. The normalized spacial score (nSPS) is 12.1. The fourth-order valence-electron chi connectivity index (χ4n) is 9.18. The number of hydrogen-bond acceptors (Lipinski definition) is 6. The molecule has 530 valence electrons. The van der Waals surface area contributed by atoms with Crippen LogP contribution in [-0.2, 0) is 13.1 Å². The predicted octanol–water partition coefficient (Wildman–Crippen LogP) is 25.5. The average molecular weight is 1450 g/mol. The fraction of sp³-hybridized carbons (Fsp3) is 0.244. The number of allylic oxidation sites excluding steroid dienone is 3. The Bertz CT molecular complexity index is 3680. The van der Waals surface area contributed by atoms with Gasteiger partial charge in [-0.3, -0.25) is 14.5 Å². The quantitative estimate of drug-likeness (QED) is 0.0424. The summed E-state index contributed by atoms with van der Waals surface area (Å²) < 4.78 is 110. The fourth-order valence-corrected chi connectivity index (χ4v) is 9.60. The second-order valence-corrected chi connectivity index (χ2v) is 24.6. The van der Waals surface area contributed by atoms with Crippen molar-refractivity contribution in [1.82, 2.24) is 14.5 Å². The van der Waals surface area contributed by atoms with Gasteiger partial charge in [0.15, 0.2) is 0 Å². The Balaban J connectivity index is 0.000000409. The van der Waals surface area contributed by atoms with E-state index >= 15 is 0 Å². The Hall–Kier alpha value is -8.42. The van der Waals surface area contributed by atoms with Crippen LogP contribution in [-0.4, -0.2) is 35.9 Å². The first-order valence-electron chi connectivity index (χ1n) is 32.1. The molecule has 9 aromatic carbocycles. The van der Waals surface area contributed by atoms with Crippen molar-refractivity contribution in [2.45, 2.75) is 118 Å². The Morgan fingerprint density at radius 3 is 1.26 bits per heavy atom. The lowest BCUT2D eigenvalue weighted by atomic mass is 9.96. The predicted molar refractivity (Wildman–Crippen MR) is 401 cm³/mol. The molecule has 0 bridgehead atoms. The second-order valence-electron chi connectivity index (χ2n) is 22.2. The van der Waals surface area contributed by atoms with Crippen LogP contribution in [0.3, 0.4) is 0 Å². The van der Waals surface area contributed by atoms with E-state index in [-0.39, 0.29) is 39.1 Å². The van der Waals surface area contributed by atoms with Crippen molar-refractivity contribution in [3.8, 4) is 0 Å². The average Bonchev–Trinajstić information content (AvgIpc) is 0.817. The summed E-state index contributed by atoms with van der Waals surface area (Å²) in [5, 5.41) is 3.52. The van der Waals surface area contributed by atoms with Crippen LogP contribution in [0.2, 0.25) is 0 Å². The summed E-state index contributed by atoms with van der Waals surface area (Å²) in [6, 6.07) is 76.4. The molecule has 0 unspecified atom stereocenters. The minimum Gasteiger partial charge on any atom is -0.324 e. The lowest BCUT2D eigenvalue weighted by Gasteiger charge is -2.37. The highest BCUT2D eigenvalue weighted by Gasteiger charge is 2.26. The summed E-state index contributed by atoms with van der Waals surface area (Å²) in [7, 11) is 1.99. The van der Waals surface area contributed by atoms with Gasteiger partial charge in [0.05, 0.1) is 0 Å². The maximum Gasteiger partial charge on any atom is 0.277 e. The molecule has 9 aromatic rings. The van der Waals surface area contributed by atoms with Gasteiger partial charge in [0.1, 0.15) is 12.6 Å². The van der Waals surface area contributed by atoms with Gasteiger partial charge in [0.25, 0.3) is 30.6 Å². The molecule has 0 saturated heterocycles. The van der Waals surface area contributed by atoms with Gasteiger partial charge in [-0.1, -0.05) is 266 Å². The van der Waals surface area contributed by atoms with Crippen LogP contribution in [0.5, 0.6) is 0 Å². The van der Waals surface area contributed by atoms with Gasteiger partial charge in [-0.05, 0) is 128 Å². The minimum atomic E-state index is -4.91. The van der Waals surface area contributed by atoms with E-state index in [1.807, 2.05) is 131 Å². The molecular weight excluding hydrogens is 1360 g/mol. The van der Waals surface area contributed by atoms with Crippen molar-refractivity contribution in [2.24, 2.45) is 5.73 Å². The monoisotopic (exact) mass is 1450 g/mol. The summed E-state index contributed by atoms with van der Waals surface area (Å²) in [4.78, 5) is 22.9. The number of carbonyl (C=O) groups is 2. The number of halogens is 10. The third kappa shape index (κ3) is 35.8. The first kappa shape index (κ1) is 86.7. The molecule has 0 saturated carbocycles. The number of rotatable bonds is 21. The van der Waals surface area contributed by atoms with Gasteiger partial charge in [-0.2, -0.15) is 4.31 Å². The first-order valence-corrected chi connectivity index (χ1v) is 34.2. The third-order valence-corrected chi connectivity index (χ3v) is 15.8. The smallest absolute Gasteiger partial charge is 0.277 e. The van der Waals surface area contributed by atoms with Crippen LogP contribution in [0.25, 0.3) is 12.2 Å². The Morgan fingerprint density at radius 2 is 0.838 bits per heavy atom. The second kappa shape index (κ2) is 50.0. The Kier molecular flexibility index (Phi) is 43.8. The molecule has 17 heteroatoms. The summed E-state index contributed by atoms with van der Waals surface area (Å²) in [6.07, 6.45) is 5.32. The topological polar surface area (TPSA) is 78.7 Å². The molecule has 0 fully saturated rings. The lowest BCUT2D eigenvalue weighted by Crippen LogP contribution is -2.31. The standard InChI is InChI=1S/C25H27F2N.C15H17N.C10H13F2N.C10H10F2.C10H10O.C7H5BrO.C3H6.C2H6F3NS/c1-3-24(22-15-10-16-23(17-22)25(26)27)28(18-20-11-6-4-7-12-20)19(2)21-13-8-5-9-14-21;1-13(15-10-6-3-7-11-15)16-12-14-8-4-2-5-9-14;1-2-9(13)7-4-3-5-8(6-7)10(11)12;1-2-4-8-5-3-6-9(7-8)10(11)12;1-2-4-9-5-3-6-10(7-9)8-11;8-7-3-1-2-6(4-7)5-9;1-3-2;1-6(2)7(3,4)5/h4-17,19,24-25H,3,18H2,1-2H3;2-11,13,16H,12H2,1H3;3-6,9-10H,2,13H2,1H3;2-7,10H,1H3;2-8H,1H3;1-5H;3H,1H2,2H3;1-2H3/b;;;2*4-2+;;;/t19-,24+;13-;9-;;;;;/m110...../s1. The van der Waals surface area contributed by atoms with E-state index in [2.05, 4.69) is 126 Å². The number of alkyl halides is 6. The zero-order chi connectivity index (χ0) is 73.5. The maximum atomic E-state index is 13.3. The molecule has 0 aliphatic rings. The van der Waals surface area contributed by atoms with Crippen LogP contribution < -0.4 is 11.1 Å². The SMILES string of the molecule is C/C=C/c1cccc(C(F)F)c1.C/C=C/c1cccc(C=O)c1.C=CC.CC[C@@H](c1cccc(C(F)F)c1)N(Cc1ccccc1)[C@H](C)c1ccccc1.CC[C@H](N)c1cccc(C(F)F)c1.CN(C)S(F)(F)F.C[C@@H](NCc1ccccc1)c1ccccc1.O=Cc1cccc(Br)c1. The van der Waals surface area contributed by atoms with Crippen molar-refractivity contribution in [1.29, 1.82) is 0 Å². The Labute approximate surface area is 592 Å². The molecule has 99 heavy (non-hydrogen) atoms. The molecule has 0 spiro atoms. The molecule has 0 heterocycles. The lowest BCUT2D eigenvalue weighted by molar-refractivity contribution is 0.111. The summed E-state index contributed by atoms with van der Waals surface area (Å²) in [5.41, 5.74) is 16.0. The van der Waals surface area contributed by atoms with E-state index in [9.17, 15) is 47.6 Å². The number of nitrogens with two attached hydrogens (primary N) is 1. The van der Waals surface area contributed by atoms with E-state index in [0.29, 0.717) is 11.6 Å². The van der Waals surface area contributed by atoms with E-state index in [1.165, 1.54) is 52.6 Å². The van der Waals surface area contributed by atoms with Gasteiger partial charge in [-0.15, -0.1) is 18.2 Å². The minimum absolute atomic E-state index is 0.0430. The molecule has 3 N–H and O–H groups in total. The Morgan fingerprint density at radius 1 is 0.475 bits per heavy atom. The largest absolute Gasteiger partial charge is 0.324 e. The third-order valence-electron chi connectivity index (χ3n) is 14.4. The maximum absolute atomic E-state index is 13.3. The molecule has 6 nitrogen and oxygen atoms in total. The van der Waals surface area contributed by atoms with Crippen molar-refractivity contribution < 1.29 is 47.6 Å². The summed E-state index contributed by atoms with van der Waals surface area (Å²) >= 11 is -1.66. The van der Waals surface area contributed by atoms with E-state index in [1.54, 1.807) is 66.7 Å². The van der Waals surface area contributed by atoms with E-state index < -0.39 is 30.6 Å². The molecule has 0 amide bonds. The van der Waals surface area contributed by atoms with Crippen LogP contribution in [0.1, 0.15) is 187 Å². The highest BCUT2D eigenvalue weighted by Crippen LogP contribution is 2.54. The van der Waals surface area contributed by atoms with Gasteiger partial charge in [-0.25, -0.2) is 26.3 Å². The molecule has 0 aliphatic heterocycles. The number of benzene rings is 9. The van der Waals surface area contributed by atoms with Crippen LogP contribution in [0.15, 0.2) is 272 Å². The molecule has 0 aromatic heterocycles. The zero-order valence-corrected chi connectivity index (χ0v) is 60.1. The van der Waals surface area contributed by atoms with Crippen molar-refractivity contribution in [2.75, 3.05) is 14.1 Å². The number of hydrogen-bond donors (Lipinski definition) is 2. The van der Waals surface area contributed by atoms with Crippen molar-refractivity contribution in [3.63, 3.8) is 0 Å². The van der Waals surface area contributed by atoms with Gasteiger partial charge in [0, 0.05) is 83.6 Å². The molecular formula is C82H94BrF9N4O2S. The van der Waals surface area contributed by atoms with Crippen LogP contribution in [0.4, 0.5) is 38.0 Å². The van der Waals surface area contributed by atoms with Gasteiger partial charge in [0.2, 0.25) is 0 Å². The van der Waals surface area contributed by atoms with Crippen LogP contribution >= 0.6 is 27.3 Å². The zero-order valence-electron chi connectivity index (χ0n) is 57.7. The number of nitrogens with zero attached hydrogens (tertiary/aromatic N) is 2. The first-order chi connectivity index (χ1) is 47.4. The number of nitrogens with one attached hydrogen (secondary N) is 1. The molecule has 0 aliphatic carbocycles. The number of aldehydes is 2. The highest BCUT2D eigenvalue weighted by molar-refractivity contribution is 9.10. The van der Waals surface area contributed by atoms with Gasteiger partial charge >= 0.3 is 0 Å². The summed E-state index contributed by atoms with van der Waals surface area (Å²) in [6.45, 7) is 19.2. The van der Waals surface area contributed by atoms with Crippen LogP contribution in [0, 0.1) is 0 Å². The molecule has 9 rings (SSSR count). The van der Waals surface area contributed by atoms with Gasteiger partial charge < -0.3 is 11.1 Å².